The summed E-state index contributed by atoms with van der Waals surface area (Å²) in [6.45, 7) is 20.2. The lowest BCUT2D eigenvalue weighted by Crippen LogP contribution is -2.37. The van der Waals surface area contributed by atoms with E-state index in [1.54, 1.807) is 83.3 Å². The second kappa shape index (κ2) is 42.6. The van der Waals surface area contributed by atoms with E-state index in [2.05, 4.69) is 111 Å². The van der Waals surface area contributed by atoms with Crippen LogP contribution in [-0.2, 0) is 180 Å². The van der Waals surface area contributed by atoms with Crippen molar-refractivity contribution in [3.63, 3.8) is 0 Å². The summed E-state index contributed by atoms with van der Waals surface area (Å²) in [6.07, 6.45) is -4.26. The molecule has 14 rings (SSSR count). The third-order valence-corrected chi connectivity index (χ3v) is 32.0. The lowest BCUT2D eigenvalue weighted by molar-refractivity contribution is -0.0586. The SMILES string of the molecule is Cc1nn(C)c(OC(F)F)c1C(F)(F)S(=O)(=O)C1=NOC(C)(C)C1.Cc1nn(C)c(OC(F)F)c1C(F)S(=O)(=O)C1=NOC(C)(C)C1.Cc1nn(C)nc1C(F)(F)S(=O)(=O)C1=NOC(C)(C)C1.Cc1nn(C)nc1C(F)S(=O)(=O)C1=NOC(C)(C)C1.Cc1nn(C)nc1CS(=O)(=O)C1=NOC(C)(C)C1.Cc1nn(C)nc1CS(=O)(=O)C1=NOC(C)(C)C1F.Cn1nc(F)c(CS(=O)(=O)C2=NOC(C)(C)C2F)c1OC(F)F. The first kappa shape index (κ1) is 120. The Morgan fingerprint density at radius 1 is 0.349 bits per heavy atom. The monoisotopic (exact) mass is 2250 g/mol. The third kappa shape index (κ3) is 27.1. The van der Waals surface area contributed by atoms with Crippen molar-refractivity contribution in [2.45, 2.75) is 281 Å². The van der Waals surface area contributed by atoms with Gasteiger partial charge >= 0.3 is 30.3 Å². The van der Waals surface area contributed by atoms with E-state index in [4.69, 9.17) is 29.0 Å². The number of oxime groups is 7. The number of rotatable bonds is 20. The summed E-state index contributed by atoms with van der Waals surface area (Å²) in [7, 11) is -21.5. The van der Waals surface area contributed by atoms with Crippen molar-refractivity contribution in [2.24, 2.45) is 85.4 Å². The fourth-order valence-corrected chi connectivity index (χ4v) is 23.6. The first-order chi connectivity index (χ1) is 66.1. The van der Waals surface area contributed by atoms with Crippen molar-refractivity contribution in [1.82, 2.24) is 89.3 Å². The molecule has 0 fully saturated rings. The van der Waals surface area contributed by atoms with E-state index in [0.29, 0.717) is 26.4 Å². The molecule has 0 saturated heterocycles. The molecule has 7 aromatic rings. The molecule has 146 heavy (non-hydrogen) atoms. The van der Waals surface area contributed by atoms with E-state index in [1.165, 1.54) is 93.0 Å². The van der Waals surface area contributed by atoms with Crippen LogP contribution in [0.5, 0.6) is 17.6 Å². The molecule has 0 aromatic carbocycles. The van der Waals surface area contributed by atoms with Crippen LogP contribution in [0, 0.1) is 47.5 Å². The zero-order chi connectivity index (χ0) is 111. The van der Waals surface area contributed by atoms with E-state index in [-0.39, 0.29) is 76.4 Å². The van der Waals surface area contributed by atoms with Crippen molar-refractivity contribution >= 4 is 104 Å². The molecule has 7 aliphatic rings. The Bertz CT molecular complexity index is 7170. The van der Waals surface area contributed by atoms with Crippen LogP contribution < -0.4 is 14.2 Å². The number of hydrogen-bond acceptors (Lipinski definition) is 42. The van der Waals surface area contributed by atoms with E-state index in [0.717, 1.165) is 35.3 Å². The minimum atomic E-state index is -5.32. The molecule has 7 aliphatic heterocycles. The Morgan fingerprint density at radius 2 is 0.671 bits per heavy atom. The van der Waals surface area contributed by atoms with Gasteiger partial charge in [0, 0.05) is 81.4 Å². The molecule has 4 atom stereocenters. The van der Waals surface area contributed by atoms with E-state index in [9.17, 15) is 125 Å². The molecule has 49 nitrogen and oxygen atoms in total. The average molecular weight is 2250 g/mol. The van der Waals surface area contributed by atoms with Crippen LogP contribution in [0.15, 0.2) is 36.1 Å². The number of ether oxygens (including phenoxy) is 3. The van der Waals surface area contributed by atoms with Crippen LogP contribution in [0.2, 0.25) is 0 Å². The number of hydrogen-bond donors (Lipinski definition) is 0. The summed E-state index contributed by atoms with van der Waals surface area (Å²) in [5.74, 6) is -5.54. The second-order valence-corrected chi connectivity index (χ2v) is 50.7. The predicted octanol–water partition coefficient (Wildman–Crippen LogP) is 9.24. The Hall–Kier alpha value is -11.5. The number of halogens is 15. The topological polar surface area (TPSA) is 594 Å². The zero-order valence-electron chi connectivity index (χ0n) is 82.7. The highest BCUT2D eigenvalue weighted by molar-refractivity contribution is 8.08. The standard InChI is InChI=1S/C12H15F4N3O4S.C12H16F3N3O4S.C11H13F4N3O4S.C10H14F2N4O3S.2C10H15FN4O3S.C10H16N4O3S/c1-6-8(9(19(4)17-6)22-10(13)14)12(15,16)24(20,21)7-5-11(2,3)23-18-7;1-6-8(10(18(4)16-6)21-11(14)15)9(13)23(19,20)7-5-12(2,3)22-17-7;1-11(2)6(12)8(17-22-11)23(19,20)4-5-7(13)16-18(3)9(5)21-10(14)15;1-6-8(14-16(4)13-6)10(11,12)20(17,18)7-5-9(2,3)19-15-7;1-6-8(13-15(4)12-6)9(11)19(16,17)7-5-10(2,3)18-14-7;1-6-7(13-15(4)12-6)5-19(16,17)9-8(11)10(2,3)18-14-9;1-7-8(12-14(4)11-7)6-18(15,16)9-5-10(2,3)17-13-9/h10H,5H2,1-4H3;9,11H,5H2,1-4H3;6,10H,4H2,1-3H3;5H2,1-4H3;9H,5H2,1-4H3;8H,5H2,1-4H3;5-6H2,1-4H3. The van der Waals surface area contributed by atoms with Crippen molar-refractivity contribution in [3.05, 3.63) is 79.6 Å². The van der Waals surface area contributed by atoms with Gasteiger partial charge in [-0.2, -0.15) is 118 Å². The molecule has 0 aliphatic carbocycles. The molecule has 0 bridgehead atoms. The number of sulfone groups is 7. The fraction of sp³-hybridized carbons (Fsp3) is 0.680. The van der Waals surface area contributed by atoms with Gasteiger partial charge in [0.2, 0.25) is 88.4 Å². The van der Waals surface area contributed by atoms with Gasteiger partial charge in [0.1, 0.15) is 62.2 Å². The minimum absolute atomic E-state index is 0.0368. The lowest BCUT2D eigenvalue weighted by Gasteiger charge is -2.18. The van der Waals surface area contributed by atoms with Crippen LogP contribution in [-0.4, -0.2) is 255 Å². The van der Waals surface area contributed by atoms with E-state index >= 15 is 0 Å². The van der Waals surface area contributed by atoms with Gasteiger partial charge < -0.3 is 48.1 Å². The highest BCUT2D eigenvalue weighted by atomic mass is 32.2. The Labute approximate surface area is 825 Å². The molecule has 4 unspecified atom stereocenters. The summed E-state index contributed by atoms with van der Waals surface area (Å²) in [4.78, 5) is 38.8. The highest BCUT2D eigenvalue weighted by Gasteiger charge is 2.59. The Kier molecular flexibility index (Phi) is 34.9. The van der Waals surface area contributed by atoms with Gasteiger partial charge in [-0.1, -0.05) is 36.1 Å². The van der Waals surface area contributed by atoms with Gasteiger partial charge in [-0.3, -0.25) is 0 Å². The summed E-state index contributed by atoms with van der Waals surface area (Å²) in [6, 6.07) is 0. The maximum atomic E-state index is 14.7. The lowest BCUT2D eigenvalue weighted by atomic mass is 10.1. The summed E-state index contributed by atoms with van der Waals surface area (Å²) in [5.41, 5.74) is -14.1. The molecule has 14 heterocycles. The van der Waals surface area contributed by atoms with Gasteiger partial charge in [-0.05, 0) is 138 Å². The third-order valence-electron chi connectivity index (χ3n) is 20.5. The van der Waals surface area contributed by atoms with Crippen molar-refractivity contribution in [2.75, 3.05) is 0 Å². The van der Waals surface area contributed by atoms with Crippen molar-refractivity contribution in [3.8, 4) is 17.6 Å². The quantitative estimate of drug-likeness (QED) is 0.0641. The molecular formula is C75H104F15N25O24S7. The molecule has 0 N–H and O–H groups in total. The van der Waals surface area contributed by atoms with Crippen molar-refractivity contribution in [1.29, 1.82) is 0 Å². The second-order valence-electron chi connectivity index (χ2n) is 37.0. The molecule has 7 aromatic heterocycles. The first-order valence-electron chi connectivity index (χ1n) is 42.0. The Balaban J connectivity index is 0.000000208. The van der Waals surface area contributed by atoms with Gasteiger partial charge in [-0.15, -0.1) is 5.10 Å². The number of aromatic nitrogens is 18. The summed E-state index contributed by atoms with van der Waals surface area (Å²) >= 11 is 0. The number of aryl methyl sites for hydroxylation is 13. The largest absolute Gasteiger partial charge is 0.417 e. The summed E-state index contributed by atoms with van der Waals surface area (Å²) in [5, 5.41) is 52.1. The van der Waals surface area contributed by atoms with E-state index in [1.807, 2.05) is 0 Å². The molecule has 0 radical (unpaired) electrons. The van der Waals surface area contributed by atoms with Crippen molar-refractivity contribution < 1.29 is 173 Å². The van der Waals surface area contributed by atoms with Crippen LogP contribution >= 0.6 is 0 Å². The van der Waals surface area contributed by atoms with Gasteiger partial charge in [0.05, 0.1) is 51.0 Å². The molecule has 71 heteroatoms. The predicted molar refractivity (Wildman–Crippen MR) is 482 cm³/mol. The molecule has 0 saturated carbocycles. The molecule has 0 spiro atoms. The maximum absolute atomic E-state index is 14.7. The van der Waals surface area contributed by atoms with Gasteiger partial charge in [0.25, 0.3) is 25.2 Å². The normalized spacial score (nSPS) is 19.4. The first-order valence-corrected chi connectivity index (χ1v) is 53.0. The minimum Gasteiger partial charge on any atom is -0.417 e. The van der Waals surface area contributed by atoms with Crippen LogP contribution in [0.1, 0.15) is 214 Å². The molecule has 820 valence electrons. The van der Waals surface area contributed by atoms with Gasteiger partial charge in [-0.25, -0.2) is 90.5 Å². The van der Waals surface area contributed by atoms with Crippen LogP contribution in [0.25, 0.3) is 0 Å². The maximum Gasteiger partial charge on any atom is 0.396 e. The average Bonchev–Trinajstić information content (AvgIpc) is 1.59. The van der Waals surface area contributed by atoms with Gasteiger partial charge in [0.15, 0.2) is 54.5 Å². The van der Waals surface area contributed by atoms with Crippen LogP contribution in [0.3, 0.4) is 0 Å². The number of alkyl halides is 14. The summed E-state index contributed by atoms with van der Waals surface area (Å²) < 4.78 is 388. The van der Waals surface area contributed by atoms with E-state index < -0.39 is 250 Å². The molecular weight excluding hydrogens is 2140 g/mol. The Morgan fingerprint density at radius 3 is 1.02 bits per heavy atom. The number of nitrogens with zero attached hydrogens (tertiary/aromatic N) is 25. The fourth-order valence-electron chi connectivity index (χ4n) is 13.3. The molecule has 0 amide bonds. The zero-order valence-corrected chi connectivity index (χ0v) is 88.4. The highest BCUT2D eigenvalue weighted by Crippen LogP contribution is 2.47. The smallest absolute Gasteiger partial charge is 0.396 e. The van der Waals surface area contributed by atoms with Crippen LogP contribution in [0.4, 0.5) is 65.9 Å².